The molecule has 4 heterocycles. The van der Waals surface area contributed by atoms with E-state index in [-0.39, 0.29) is 22.7 Å². The molecule has 1 aromatic carbocycles. The Balaban J connectivity index is 1.40. The Labute approximate surface area is 251 Å². The summed E-state index contributed by atoms with van der Waals surface area (Å²) in [5, 5.41) is 15.3. The third kappa shape index (κ3) is 5.99. The normalized spacial score (nSPS) is 21.3. The molecule has 3 aliphatic rings. The molecular formula is C28H32ClFN6O5S. The number of nitrogens with zero attached hydrogens (tertiary/aromatic N) is 5. The highest BCUT2D eigenvalue weighted by Gasteiger charge is 2.42. The number of rotatable bonds is 9. The Morgan fingerprint density at radius 1 is 1.29 bits per heavy atom. The van der Waals surface area contributed by atoms with Crippen LogP contribution >= 0.6 is 22.9 Å². The van der Waals surface area contributed by atoms with Crippen molar-refractivity contribution in [1.82, 2.24) is 25.0 Å². The SMILES string of the molecule is COC(=O)C1=C(CN2CCN3C(=O)N(CCC(C)(C)C(=O)O)CC3C2)NC(c2nccs2)=NC1c1ccc(F)cc1Cl. The first kappa shape index (κ1) is 29.9. The highest BCUT2D eigenvalue weighted by Crippen LogP contribution is 2.37. The van der Waals surface area contributed by atoms with Crippen molar-refractivity contribution in [3.63, 3.8) is 0 Å². The summed E-state index contributed by atoms with van der Waals surface area (Å²) >= 11 is 7.83. The highest BCUT2D eigenvalue weighted by atomic mass is 35.5. The number of carbonyl (C=O) groups excluding carboxylic acids is 2. The van der Waals surface area contributed by atoms with E-state index in [9.17, 15) is 23.9 Å². The first-order chi connectivity index (χ1) is 20.0. The molecule has 0 aliphatic carbocycles. The lowest BCUT2D eigenvalue weighted by atomic mass is 9.89. The molecule has 2 N–H and O–H groups in total. The van der Waals surface area contributed by atoms with Crippen molar-refractivity contribution in [1.29, 1.82) is 0 Å². The number of halogens is 2. The molecule has 5 rings (SSSR count). The van der Waals surface area contributed by atoms with Crippen LogP contribution in [0.3, 0.4) is 0 Å². The number of fused-ring (bicyclic) bond motifs is 1. The summed E-state index contributed by atoms with van der Waals surface area (Å²) in [4.78, 5) is 52.7. The molecule has 2 saturated heterocycles. The first-order valence-corrected chi connectivity index (χ1v) is 14.8. The molecule has 1 aromatic heterocycles. The predicted octanol–water partition coefficient (Wildman–Crippen LogP) is 3.38. The number of amidine groups is 1. The molecule has 2 unspecified atom stereocenters. The zero-order valence-corrected chi connectivity index (χ0v) is 25.0. The Morgan fingerprint density at radius 2 is 2.07 bits per heavy atom. The van der Waals surface area contributed by atoms with E-state index in [1.165, 1.54) is 36.6 Å². The molecule has 2 fully saturated rings. The zero-order chi connectivity index (χ0) is 30.2. The molecule has 0 saturated carbocycles. The van der Waals surface area contributed by atoms with Crippen LogP contribution in [-0.4, -0.2) is 101 Å². The maximum absolute atomic E-state index is 13.9. The van der Waals surface area contributed by atoms with E-state index in [1.54, 1.807) is 24.9 Å². The number of benzene rings is 1. The fourth-order valence-electron chi connectivity index (χ4n) is 5.39. The van der Waals surface area contributed by atoms with E-state index in [1.807, 2.05) is 10.3 Å². The average molecular weight is 619 g/mol. The van der Waals surface area contributed by atoms with Crippen molar-refractivity contribution < 1.29 is 28.6 Å². The van der Waals surface area contributed by atoms with E-state index in [4.69, 9.17) is 21.3 Å². The zero-order valence-electron chi connectivity index (χ0n) is 23.5. The smallest absolute Gasteiger partial charge is 0.338 e. The number of hydrogen-bond acceptors (Lipinski definition) is 9. The number of carboxylic acid groups (broad SMARTS) is 1. The molecule has 0 spiro atoms. The van der Waals surface area contributed by atoms with Crippen LogP contribution in [0.5, 0.6) is 0 Å². The van der Waals surface area contributed by atoms with Gasteiger partial charge in [0.05, 0.1) is 24.1 Å². The third-order valence-corrected chi connectivity index (χ3v) is 9.01. The fourth-order valence-corrected chi connectivity index (χ4v) is 6.24. The van der Waals surface area contributed by atoms with Crippen LogP contribution in [0.1, 0.15) is 36.9 Å². The molecule has 11 nitrogen and oxygen atoms in total. The summed E-state index contributed by atoms with van der Waals surface area (Å²) in [6.07, 6.45) is 2.01. The van der Waals surface area contributed by atoms with Gasteiger partial charge < -0.3 is 25.0 Å². The number of carbonyl (C=O) groups is 3. The second kappa shape index (κ2) is 12.0. The van der Waals surface area contributed by atoms with Crippen LogP contribution in [0.15, 0.2) is 46.0 Å². The Kier molecular flexibility index (Phi) is 8.53. The number of esters is 1. The monoisotopic (exact) mass is 618 g/mol. The van der Waals surface area contributed by atoms with Gasteiger partial charge in [0, 0.05) is 67.1 Å². The maximum Gasteiger partial charge on any atom is 0.338 e. The standard InChI is InChI=1S/C28H32ClFN6O5S/c1-28(2,26(38)39)6-8-35-14-17-13-34(9-10-36(17)27(35)40)15-20-21(25(37)41-3)22(18-5-4-16(30)12-19(18)29)33-23(32-20)24-31-7-11-42-24/h4-5,7,11-12,17,22H,6,8-10,13-15H2,1-3H3,(H,32,33)(H,38,39). The van der Waals surface area contributed by atoms with Gasteiger partial charge in [0.2, 0.25) is 0 Å². The van der Waals surface area contributed by atoms with Crippen LogP contribution in [0.25, 0.3) is 0 Å². The largest absolute Gasteiger partial charge is 0.481 e. The second-order valence-corrected chi connectivity index (χ2v) is 12.4. The van der Waals surface area contributed by atoms with Crippen LogP contribution in [0.4, 0.5) is 9.18 Å². The number of ether oxygens (including phenoxy) is 1. The van der Waals surface area contributed by atoms with E-state index >= 15 is 0 Å². The fraction of sp³-hybridized carbons (Fsp3) is 0.464. The van der Waals surface area contributed by atoms with Crippen molar-refractivity contribution in [2.45, 2.75) is 32.4 Å². The predicted molar refractivity (Wildman–Crippen MR) is 155 cm³/mol. The van der Waals surface area contributed by atoms with Gasteiger partial charge in [0.25, 0.3) is 0 Å². The highest BCUT2D eigenvalue weighted by molar-refractivity contribution is 7.11. The van der Waals surface area contributed by atoms with Gasteiger partial charge >= 0.3 is 18.0 Å². The summed E-state index contributed by atoms with van der Waals surface area (Å²) < 4.78 is 19.1. The van der Waals surface area contributed by atoms with E-state index in [2.05, 4.69) is 15.2 Å². The number of urea groups is 1. The summed E-state index contributed by atoms with van der Waals surface area (Å²) in [6, 6.07) is 2.94. The van der Waals surface area contributed by atoms with Crippen LogP contribution < -0.4 is 5.32 Å². The third-order valence-electron chi connectivity index (χ3n) is 7.90. The van der Waals surface area contributed by atoms with Gasteiger partial charge in [0.1, 0.15) is 11.9 Å². The summed E-state index contributed by atoms with van der Waals surface area (Å²) in [5.41, 5.74) is 0.344. The number of aromatic nitrogens is 1. The number of amides is 2. The lowest BCUT2D eigenvalue weighted by Gasteiger charge is -2.38. The van der Waals surface area contributed by atoms with E-state index < -0.39 is 29.2 Å². The summed E-state index contributed by atoms with van der Waals surface area (Å²) in [5.74, 6) is -1.53. The minimum absolute atomic E-state index is 0.0839. The van der Waals surface area contributed by atoms with Crippen molar-refractivity contribution >= 4 is 46.7 Å². The molecule has 224 valence electrons. The van der Waals surface area contributed by atoms with Crippen LogP contribution in [-0.2, 0) is 14.3 Å². The number of hydrogen-bond donors (Lipinski definition) is 2. The van der Waals surface area contributed by atoms with Gasteiger partial charge in [-0.3, -0.25) is 14.7 Å². The van der Waals surface area contributed by atoms with Gasteiger partial charge in [-0.25, -0.2) is 19.0 Å². The number of aliphatic carboxylic acids is 1. The van der Waals surface area contributed by atoms with Gasteiger partial charge in [0.15, 0.2) is 10.8 Å². The minimum atomic E-state index is -0.931. The molecule has 2 aromatic rings. The van der Waals surface area contributed by atoms with Crippen molar-refractivity contribution in [3.05, 3.63) is 62.5 Å². The molecule has 0 radical (unpaired) electrons. The van der Waals surface area contributed by atoms with E-state index in [0.717, 1.165) is 0 Å². The van der Waals surface area contributed by atoms with Crippen LogP contribution in [0.2, 0.25) is 5.02 Å². The Morgan fingerprint density at radius 3 is 2.74 bits per heavy atom. The summed E-state index contributed by atoms with van der Waals surface area (Å²) in [6.45, 7) is 6.09. The minimum Gasteiger partial charge on any atom is -0.481 e. The molecule has 2 atom stereocenters. The van der Waals surface area contributed by atoms with Crippen molar-refractivity contribution in [2.24, 2.45) is 10.4 Å². The van der Waals surface area contributed by atoms with Gasteiger partial charge in [-0.05, 0) is 32.4 Å². The number of thiazole rings is 1. The summed E-state index contributed by atoms with van der Waals surface area (Å²) in [7, 11) is 1.29. The van der Waals surface area contributed by atoms with E-state index in [0.29, 0.717) is 67.8 Å². The molecular weight excluding hydrogens is 587 g/mol. The Bertz CT molecular complexity index is 1450. The number of methoxy groups -OCH3 is 1. The Hall–Kier alpha value is -3.55. The number of piperazine rings is 1. The second-order valence-electron chi connectivity index (χ2n) is 11.1. The molecule has 3 aliphatic heterocycles. The number of carboxylic acids is 1. The molecule has 14 heteroatoms. The van der Waals surface area contributed by atoms with Crippen LogP contribution in [0, 0.1) is 11.2 Å². The number of aliphatic imine (C=N–C) groups is 1. The first-order valence-electron chi connectivity index (χ1n) is 13.5. The van der Waals surface area contributed by atoms with Gasteiger partial charge in [-0.1, -0.05) is 17.7 Å². The maximum atomic E-state index is 13.9. The van der Waals surface area contributed by atoms with Gasteiger partial charge in [-0.2, -0.15) is 0 Å². The number of nitrogens with one attached hydrogen (secondary N) is 1. The quantitative estimate of drug-likeness (QED) is 0.410. The average Bonchev–Trinajstić information content (AvgIpc) is 3.59. The molecule has 2 amide bonds. The molecule has 0 bridgehead atoms. The van der Waals surface area contributed by atoms with Crippen molar-refractivity contribution in [3.8, 4) is 0 Å². The topological polar surface area (TPSA) is 128 Å². The van der Waals surface area contributed by atoms with Crippen molar-refractivity contribution in [2.75, 3.05) is 46.4 Å². The lowest BCUT2D eigenvalue weighted by Crippen LogP contribution is -2.53. The lowest BCUT2D eigenvalue weighted by molar-refractivity contribution is -0.147. The van der Waals surface area contributed by atoms with Gasteiger partial charge in [-0.15, -0.1) is 11.3 Å². The molecule has 42 heavy (non-hydrogen) atoms.